The van der Waals surface area contributed by atoms with Crippen molar-refractivity contribution < 1.29 is 4.79 Å². The van der Waals surface area contributed by atoms with E-state index in [4.69, 9.17) is 0 Å². The Labute approximate surface area is 115 Å². The molecule has 1 N–H and O–H groups in total. The average molecular weight is 270 g/mol. The number of thioether (sulfide) groups is 1. The van der Waals surface area contributed by atoms with Gasteiger partial charge in [0.05, 0.1) is 6.54 Å². The van der Waals surface area contributed by atoms with Gasteiger partial charge >= 0.3 is 0 Å². The molecule has 0 aromatic rings. The van der Waals surface area contributed by atoms with Crippen LogP contribution < -0.4 is 5.32 Å². The quantitative estimate of drug-likeness (QED) is 0.850. The number of likely N-dealkylation sites (tertiary alicyclic amines) is 1. The van der Waals surface area contributed by atoms with Crippen LogP contribution >= 0.6 is 11.8 Å². The second-order valence-electron chi connectivity index (χ2n) is 5.49. The van der Waals surface area contributed by atoms with Crippen molar-refractivity contribution in [3.63, 3.8) is 0 Å². The van der Waals surface area contributed by atoms with E-state index >= 15 is 0 Å². The first-order valence-electron chi connectivity index (χ1n) is 7.35. The lowest BCUT2D eigenvalue weighted by molar-refractivity contribution is -0.130. The highest BCUT2D eigenvalue weighted by Gasteiger charge is 2.27. The van der Waals surface area contributed by atoms with Gasteiger partial charge in [-0.1, -0.05) is 19.3 Å². The van der Waals surface area contributed by atoms with Crippen LogP contribution in [0, 0.1) is 0 Å². The van der Waals surface area contributed by atoms with Crippen molar-refractivity contribution in [3.05, 3.63) is 0 Å². The van der Waals surface area contributed by atoms with Crippen molar-refractivity contribution in [2.75, 3.05) is 25.9 Å². The molecule has 0 spiro atoms. The van der Waals surface area contributed by atoms with Crippen molar-refractivity contribution in [3.8, 4) is 0 Å². The van der Waals surface area contributed by atoms with E-state index in [2.05, 4.69) is 16.5 Å². The normalized spacial score (nSPS) is 29.3. The van der Waals surface area contributed by atoms with Crippen molar-refractivity contribution in [2.45, 2.75) is 56.2 Å². The summed E-state index contributed by atoms with van der Waals surface area (Å²) < 4.78 is 0. The number of amides is 1. The van der Waals surface area contributed by atoms with Crippen LogP contribution in [0.5, 0.6) is 0 Å². The lowest BCUT2D eigenvalue weighted by Gasteiger charge is -2.23. The maximum Gasteiger partial charge on any atom is 0.236 e. The van der Waals surface area contributed by atoms with Crippen LogP contribution in [-0.2, 0) is 4.79 Å². The molecule has 2 unspecified atom stereocenters. The summed E-state index contributed by atoms with van der Waals surface area (Å²) in [5.74, 6) is 0.309. The third-order valence-corrected chi connectivity index (χ3v) is 5.40. The Morgan fingerprint density at radius 3 is 2.56 bits per heavy atom. The van der Waals surface area contributed by atoms with Gasteiger partial charge in [0.1, 0.15) is 0 Å². The summed E-state index contributed by atoms with van der Waals surface area (Å²) in [6, 6.07) is 0.552. The highest BCUT2D eigenvalue weighted by Crippen LogP contribution is 2.28. The number of nitrogens with one attached hydrogen (secondary N) is 1. The molecule has 104 valence electrons. The van der Waals surface area contributed by atoms with Gasteiger partial charge in [-0.25, -0.2) is 0 Å². The fourth-order valence-corrected chi connectivity index (χ4v) is 4.06. The molecule has 0 aromatic carbocycles. The van der Waals surface area contributed by atoms with Crippen LogP contribution in [0.4, 0.5) is 0 Å². The molecule has 4 heteroatoms. The molecular weight excluding hydrogens is 244 g/mol. The molecular formula is C14H26N2OS. The van der Waals surface area contributed by atoms with Crippen molar-refractivity contribution in [1.29, 1.82) is 0 Å². The van der Waals surface area contributed by atoms with E-state index in [9.17, 15) is 4.79 Å². The van der Waals surface area contributed by atoms with Gasteiger partial charge in [-0.15, -0.1) is 0 Å². The molecule has 3 nitrogen and oxygen atoms in total. The van der Waals surface area contributed by atoms with Crippen LogP contribution in [0.3, 0.4) is 0 Å². The Balaban J connectivity index is 1.73. The van der Waals surface area contributed by atoms with Crippen molar-refractivity contribution >= 4 is 17.7 Å². The molecule has 1 heterocycles. The summed E-state index contributed by atoms with van der Waals surface area (Å²) in [6.07, 6.45) is 11.0. The Morgan fingerprint density at radius 2 is 1.89 bits per heavy atom. The minimum Gasteiger partial charge on any atom is -0.342 e. The fourth-order valence-electron chi connectivity index (χ4n) is 3.09. The van der Waals surface area contributed by atoms with Gasteiger partial charge < -0.3 is 10.2 Å². The van der Waals surface area contributed by atoms with Gasteiger partial charge in [0, 0.05) is 24.4 Å². The predicted octanol–water partition coefficient (Wildman–Crippen LogP) is 2.26. The zero-order valence-corrected chi connectivity index (χ0v) is 12.3. The van der Waals surface area contributed by atoms with Crippen LogP contribution in [0.2, 0.25) is 0 Å². The molecule has 2 atom stereocenters. The summed E-state index contributed by atoms with van der Waals surface area (Å²) in [5.41, 5.74) is 0. The predicted molar refractivity (Wildman–Crippen MR) is 78.0 cm³/mol. The minimum absolute atomic E-state index is 0.309. The Bertz CT molecular complexity index is 265. The van der Waals surface area contributed by atoms with Crippen LogP contribution in [0.25, 0.3) is 0 Å². The van der Waals surface area contributed by atoms with E-state index in [1.165, 1.54) is 44.9 Å². The molecule has 1 aliphatic carbocycles. The summed E-state index contributed by atoms with van der Waals surface area (Å²) in [4.78, 5) is 14.2. The van der Waals surface area contributed by atoms with Gasteiger partial charge in [-0.05, 0) is 31.9 Å². The highest BCUT2D eigenvalue weighted by molar-refractivity contribution is 7.99. The average Bonchev–Trinajstić information content (AvgIpc) is 2.67. The Morgan fingerprint density at radius 1 is 1.17 bits per heavy atom. The maximum absolute atomic E-state index is 12.2. The molecule has 1 saturated carbocycles. The van der Waals surface area contributed by atoms with Crippen molar-refractivity contribution in [2.24, 2.45) is 0 Å². The van der Waals surface area contributed by atoms with Crippen LogP contribution in [0.1, 0.15) is 44.9 Å². The van der Waals surface area contributed by atoms with E-state index in [0.717, 1.165) is 13.1 Å². The lowest BCUT2D eigenvalue weighted by atomic mass is 10.2. The molecule has 0 aromatic heterocycles. The minimum atomic E-state index is 0.309. The van der Waals surface area contributed by atoms with Crippen LogP contribution in [0.15, 0.2) is 0 Å². The number of rotatable bonds is 4. The van der Waals surface area contributed by atoms with Gasteiger partial charge in [0.2, 0.25) is 5.91 Å². The monoisotopic (exact) mass is 270 g/mol. The zero-order chi connectivity index (χ0) is 12.8. The van der Waals surface area contributed by atoms with Gasteiger partial charge in [-0.3, -0.25) is 4.79 Å². The molecule has 2 fully saturated rings. The van der Waals surface area contributed by atoms with E-state index in [1.807, 2.05) is 11.8 Å². The molecule has 2 aliphatic rings. The van der Waals surface area contributed by atoms with Gasteiger partial charge in [0.15, 0.2) is 0 Å². The van der Waals surface area contributed by atoms with Gasteiger partial charge in [-0.2, -0.15) is 11.8 Å². The number of hydrogen-bond acceptors (Lipinski definition) is 3. The number of hydrogen-bond donors (Lipinski definition) is 1. The summed E-state index contributed by atoms with van der Waals surface area (Å²) in [5, 5.41) is 4.20. The largest absolute Gasteiger partial charge is 0.342 e. The third kappa shape index (κ3) is 3.89. The molecule has 18 heavy (non-hydrogen) atoms. The summed E-state index contributed by atoms with van der Waals surface area (Å²) >= 11 is 1.94. The first-order valence-corrected chi connectivity index (χ1v) is 8.64. The van der Waals surface area contributed by atoms with E-state index in [0.29, 0.717) is 23.7 Å². The van der Waals surface area contributed by atoms with E-state index in [-0.39, 0.29) is 0 Å². The van der Waals surface area contributed by atoms with Gasteiger partial charge in [0.25, 0.3) is 0 Å². The van der Waals surface area contributed by atoms with Crippen molar-refractivity contribution in [1.82, 2.24) is 10.2 Å². The first-order chi connectivity index (χ1) is 8.81. The summed E-state index contributed by atoms with van der Waals surface area (Å²) in [7, 11) is 0. The Kier molecular flexibility index (Phi) is 5.83. The molecule has 2 rings (SSSR count). The number of carbonyl (C=O) groups is 1. The molecule has 0 bridgehead atoms. The molecule has 0 radical (unpaired) electrons. The molecule has 1 saturated heterocycles. The third-order valence-electron chi connectivity index (χ3n) is 4.23. The lowest BCUT2D eigenvalue weighted by Crippen LogP contribution is -2.43. The second kappa shape index (κ2) is 7.39. The highest BCUT2D eigenvalue weighted by atomic mass is 32.2. The Hall–Kier alpha value is -0.220. The standard InChI is InChI=1S/C14H26N2OS/c1-18-13-8-6-7-12(13)15-11-14(17)16-9-4-2-3-5-10-16/h12-13,15H,2-11H2,1H3. The summed E-state index contributed by atoms with van der Waals surface area (Å²) in [6.45, 7) is 2.48. The zero-order valence-electron chi connectivity index (χ0n) is 11.5. The number of nitrogens with zero attached hydrogens (tertiary/aromatic N) is 1. The molecule has 1 amide bonds. The molecule has 1 aliphatic heterocycles. The fraction of sp³-hybridized carbons (Fsp3) is 0.929. The topological polar surface area (TPSA) is 32.3 Å². The second-order valence-corrected chi connectivity index (χ2v) is 6.56. The van der Waals surface area contributed by atoms with E-state index in [1.54, 1.807) is 0 Å². The maximum atomic E-state index is 12.2. The SMILES string of the molecule is CSC1CCCC1NCC(=O)N1CCCCCC1. The number of carbonyl (C=O) groups excluding carboxylic acids is 1. The van der Waals surface area contributed by atoms with E-state index < -0.39 is 0 Å². The van der Waals surface area contributed by atoms with Crippen LogP contribution in [-0.4, -0.2) is 48.0 Å². The smallest absolute Gasteiger partial charge is 0.236 e. The first kappa shape index (κ1) is 14.2.